The third-order valence-electron chi connectivity index (χ3n) is 5.45. The summed E-state index contributed by atoms with van der Waals surface area (Å²) in [5.74, 6) is 0.0344. The van der Waals surface area contributed by atoms with Gasteiger partial charge in [0.05, 0.1) is 12.1 Å². The number of hydrogen-bond donors (Lipinski definition) is 2. The summed E-state index contributed by atoms with van der Waals surface area (Å²) in [6.07, 6.45) is 0.274. The van der Waals surface area contributed by atoms with E-state index in [0.29, 0.717) is 0 Å². The van der Waals surface area contributed by atoms with Gasteiger partial charge in [0.15, 0.2) is 0 Å². The molecule has 0 spiro atoms. The molecule has 5 heteroatoms. The Bertz CT molecular complexity index is 770. The van der Waals surface area contributed by atoms with Gasteiger partial charge in [-0.3, -0.25) is 0 Å². The number of amides is 1. The molecule has 0 aromatic heterocycles. The zero-order valence-electron chi connectivity index (χ0n) is 14.8. The fourth-order valence-electron chi connectivity index (χ4n) is 3.83. The zero-order chi connectivity index (χ0) is 18.1. The van der Waals surface area contributed by atoms with Crippen LogP contribution in [-0.2, 0) is 9.47 Å². The van der Waals surface area contributed by atoms with E-state index < -0.39 is 17.7 Å². The van der Waals surface area contributed by atoms with E-state index in [-0.39, 0.29) is 19.1 Å². The lowest BCUT2D eigenvalue weighted by molar-refractivity contribution is 0.0290. The van der Waals surface area contributed by atoms with Gasteiger partial charge in [0.2, 0.25) is 0 Å². The van der Waals surface area contributed by atoms with Gasteiger partial charge in [-0.1, -0.05) is 48.5 Å². The van der Waals surface area contributed by atoms with Crippen molar-refractivity contribution in [3.05, 3.63) is 59.7 Å². The van der Waals surface area contributed by atoms with Gasteiger partial charge in [0.25, 0.3) is 0 Å². The molecule has 1 unspecified atom stereocenters. The molecule has 2 aliphatic carbocycles. The van der Waals surface area contributed by atoms with Crippen LogP contribution in [0.2, 0.25) is 0 Å². The van der Waals surface area contributed by atoms with E-state index in [1.807, 2.05) is 24.3 Å². The van der Waals surface area contributed by atoms with E-state index >= 15 is 0 Å². The number of alkyl carbamates (subject to hydrolysis) is 1. The zero-order valence-corrected chi connectivity index (χ0v) is 14.8. The third kappa shape index (κ3) is 2.97. The number of nitrogens with one attached hydrogen (secondary N) is 1. The maximum atomic E-state index is 12.3. The van der Waals surface area contributed by atoms with Gasteiger partial charge >= 0.3 is 6.09 Å². The molecule has 2 N–H and O–H groups in total. The topological polar surface area (TPSA) is 67.8 Å². The summed E-state index contributed by atoms with van der Waals surface area (Å²) in [6.45, 7) is 0.472. The van der Waals surface area contributed by atoms with Crippen molar-refractivity contribution in [2.45, 2.75) is 30.4 Å². The Balaban J connectivity index is 1.44. The van der Waals surface area contributed by atoms with E-state index in [4.69, 9.17) is 9.47 Å². The molecule has 26 heavy (non-hydrogen) atoms. The third-order valence-corrected chi connectivity index (χ3v) is 5.45. The first kappa shape index (κ1) is 17.1. The molecular formula is C21H23NO4. The van der Waals surface area contributed by atoms with Gasteiger partial charge in [-0.05, 0) is 35.1 Å². The summed E-state index contributed by atoms with van der Waals surface area (Å²) in [4.78, 5) is 12.3. The van der Waals surface area contributed by atoms with Crippen LogP contribution in [0.25, 0.3) is 11.1 Å². The molecule has 0 heterocycles. The summed E-state index contributed by atoms with van der Waals surface area (Å²) >= 11 is 0. The number of carbonyl (C=O) groups is 1. The summed E-state index contributed by atoms with van der Waals surface area (Å²) in [5.41, 5.74) is 4.17. The first-order valence-corrected chi connectivity index (χ1v) is 8.95. The molecule has 0 saturated heterocycles. The van der Waals surface area contributed by atoms with Crippen LogP contribution in [0, 0.1) is 0 Å². The quantitative estimate of drug-likeness (QED) is 0.838. The molecule has 1 saturated carbocycles. The lowest BCUT2D eigenvalue weighted by atomic mass is 9.98. The highest BCUT2D eigenvalue weighted by atomic mass is 16.5. The van der Waals surface area contributed by atoms with Crippen molar-refractivity contribution >= 4 is 6.09 Å². The van der Waals surface area contributed by atoms with Crippen LogP contribution in [0.5, 0.6) is 0 Å². The SMILES string of the molecule is COCC(O)C1(NC(=O)OCC2c3ccccc3-c3ccccc32)CC1. The Hall–Kier alpha value is -2.37. The molecule has 136 valence electrons. The minimum absolute atomic E-state index is 0.0344. The number of rotatable bonds is 6. The van der Waals surface area contributed by atoms with Gasteiger partial charge in [-0.25, -0.2) is 4.79 Å². The second-order valence-electron chi connectivity index (χ2n) is 7.08. The van der Waals surface area contributed by atoms with Crippen LogP contribution in [-0.4, -0.2) is 43.2 Å². The molecule has 2 aromatic rings. The van der Waals surface area contributed by atoms with Crippen molar-refractivity contribution < 1.29 is 19.4 Å². The minimum Gasteiger partial charge on any atom is -0.449 e. The fourth-order valence-corrected chi connectivity index (χ4v) is 3.83. The molecule has 5 nitrogen and oxygen atoms in total. The fraction of sp³-hybridized carbons (Fsp3) is 0.381. The Morgan fingerprint density at radius 1 is 1.15 bits per heavy atom. The lowest BCUT2D eigenvalue weighted by Gasteiger charge is -2.23. The molecule has 0 radical (unpaired) electrons. The predicted octanol–water partition coefficient (Wildman–Crippen LogP) is 3.07. The molecule has 0 aliphatic heterocycles. The van der Waals surface area contributed by atoms with Crippen molar-refractivity contribution in [3.8, 4) is 11.1 Å². The molecular weight excluding hydrogens is 330 g/mol. The van der Waals surface area contributed by atoms with Gasteiger partial charge in [-0.2, -0.15) is 0 Å². The van der Waals surface area contributed by atoms with Crippen LogP contribution in [0.1, 0.15) is 29.9 Å². The first-order chi connectivity index (χ1) is 12.6. The van der Waals surface area contributed by atoms with Crippen molar-refractivity contribution in [1.29, 1.82) is 0 Å². The molecule has 4 rings (SSSR count). The Morgan fingerprint density at radius 2 is 1.73 bits per heavy atom. The number of benzene rings is 2. The highest BCUT2D eigenvalue weighted by molar-refractivity contribution is 5.79. The van der Waals surface area contributed by atoms with Gasteiger partial charge in [0.1, 0.15) is 12.7 Å². The molecule has 1 amide bonds. The van der Waals surface area contributed by atoms with Crippen LogP contribution in [0.3, 0.4) is 0 Å². The van der Waals surface area contributed by atoms with Gasteiger partial charge < -0.3 is 19.9 Å². The van der Waals surface area contributed by atoms with Crippen molar-refractivity contribution in [3.63, 3.8) is 0 Å². The maximum absolute atomic E-state index is 12.3. The van der Waals surface area contributed by atoms with Crippen LogP contribution in [0.4, 0.5) is 4.79 Å². The number of hydrogen-bond acceptors (Lipinski definition) is 4. The number of fused-ring (bicyclic) bond motifs is 3. The van der Waals surface area contributed by atoms with Crippen LogP contribution >= 0.6 is 0 Å². The minimum atomic E-state index is -0.715. The predicted molar refractivity (Wildman–Crippen MR) is 98.1 cm³/mol. The number of ether oxygens (including phenoxy) is 2. The first-order valence-electron chi connectivity index (χ1n) is 8.95. The molecule has 1 atom stereocenters. The van der Waals surface area contributed by atoms with Crippen molar-refractivity contribution in [1.82, 2.24) is 5.32 Å². The average molecular weight is 353 g/mol. The van der Waals surface area contributed by atoms with E-state index in [1.54, 1.807) is 0 Å². The second kappa shape index (κ2) is 6.74. The highest BCUT2D eigenvalue weighted by Crippen LogP contribution is 2.44. The summed E-state index contributed by atoms with van der Waals surface area (Å²) in [7, 11) is 1.53. The smallest absolute Gasteiger partial charge is 0.407 e. The summed E-state index contributed by atoms with van der Waals surface area (Å²) in [6, 6.07) is 16.5. The molecule has 2 aromatic carbocycles. The monoisotopic (exact) mass is 353 g/mol. The number of methoxy groups -OCH3 is 1. The van der Waals surface area contributed by atoms with Crippen molar-refractivity contribution in [2.24, 2.45) is 0 Å². The van der Waals surface area contributed by atoms with Crippen molar-refractivity contribution in [2.75, 3.05) is 20.3 Å². The van der Waals surface area contributed by atoms with E-state index in [1.165, 1.54) is 29.4 Å². The van der Waals surface area contributed by atoms with Gasteiger partial charge in [-0.15, -0.1) is 0 Å². The van der Waals surface area contributed by atoms with E-state index in [2.05, 4.69) is 29.6 Å². The van der Waals surface area contributed by atoms with E-state index in [0.717, 1.165) is 12.8 Å². The van der Waals surface area contributed by atoms with Crippen LogP contribution < -0.4 is 5.32 Å². The van der Waals surface area contributed by atoms with E-state index in [9.17, 15) is 9.90 Å². The number of aliphatic hydroxyl groups excluding tert-OH is 1. The van der Waals surface area contributed by atoms with Gasteiger partial charge in [0, 0.05) is 13.0 Å². The average Bonchev–Trinajstić information content (AvgIpc) is 3.36. The summed E-state index contributed by atoms with van der Waals surface area (Å²) in [5, 5.41) is 13.0. The standard InChI is InChI=1S/C21H23NO4/c1-25-13-19(23)21(10-11-21)22-20(24)26-12-18-16-8-4-2-6-14(16)15-7-3-5-9-17(15)18/h2-9,18-19,23H,10-13H2,1H3,(H,22,24). The Kier molecular flexibility index (Phi) is 4.42. The molecule has 2 aliphatic rings. The number of carbonyl (C=O) groups excluding carboxylic acids is 1. The second-order valence-corrected chi connectivity index (χ2v) is 7.08. The molecule has 0 bridgehead atoms. The maximum Gasteiger partial charge on any atom is 0.407 e. The number of aliphatic hydroxyl groups is 1. The highest BCUT2D eigenvalue weighted by Gasteiger charge is 2.50. The Labute approximate surface area is 152 Å². The van der Waals surface area contributed by atoms with Crippen LogP contribution in [0.15, 0.2) is 48.5 Å². The summed E-state index contributed by atoms with van der Waals surface area (Å²) < 4.78 is 10.5. The lowest BCUT2D eigenvalue weighted by Crippen LogP contribution is -2.48. The normalized spacial score (nSPS) is 17.9. The Morgan fingerprint density at radius 3 is 2.27 bits per heavy atom. The largest absolute Gasteiger partial charge is 0.449 e. The molecule has 1 fully saturated rings.